The first kappa shape index (κ1) is 24.8. The minimum Gasteiger partial charge on any atom is -0.495 e. The van der Waals surface area contributed by atoms with Gasteiger partial charge >= 0.3 is 0 Å². The van der Waals surface area contributed by atoms with Gasteiger partial charge < -0.3 is 10.1 Å². The van der Waals surface area contributed by atoms with Gasteiger partial charge in [-0.3, -0.25) is 4.79 Å². The number of rotatable bonds is 9. The van der Waals surface area contributed by atoms with Gasteiger partial charge in [0.25, 0.3) is 0 Å². The van der Waals surface area contributed by atoms with Crippen molar-refractivity contribution in [3.8, 4) is 5.75 Å². The van der Waals surface area contributed by atoms with Crippen LogP contribution in [0.2, 0.25) is 5.02 Å². The van der Waals surface area contributed by atoms with Gasteiger partial charge in [-0.15, -0.1) is 0 Å². The van der Waals surface area contributed by atoms with Crippen molar-refractivity contribution in [1.82, 2.24) is 4.31 Å². The van der Waals surface area contributed by atoms with Crippen LogP contribution in [0.15, 0.2) is 71.6 Å². The first-order valence-corrected chi connectivity index (χ1v) is 12.3. The number of ether oxygens (including phenoxy) is 1. The van der Waals surface area contributed by atoms with E-state index in [9.17, 15) is 13.2 Å². The molecule has 0 spiro atoms. The zero-order valence-electron chi connectivity index (χ0n) is 18.8. The molecule has 3 aromatic rings. The Hall–Kier alpha value is -2.87. The van der Waals surface area contributed by atoms with Crippen molar-refractivity contribution in [2.45, 2.75) is 25.2 Å². The summed E-state index contributed by atoms with van der Waals surface area (Å²) in [6.07, 6.45) is 0.456. The molecule has 174 valence electrons. The number of nitrogens with one attached hydrogen (secondary N) is 1. The molecule has 6 nitrogen and oxygen atoms in total. The van der Waals surface area contributed by atoms with Crippen LogP contribution in [0.1, 0.15) is 16.7 Å². The van der Waals surface area contributed by atoms with E-state index in [-0.39, 0.29) is 23.7 Å². The van der Waals surface area contributed by atoms with Crippen molar-refractivity contribution < 1.29 is 17.9 Å². The van der Waals surface area contributed by atoms with Crippen LogP contribution in [0.3, 0.4) is 0 Å². The highest BCUT2D eigenvalue weighted by Gasteiger charge is 2.29. The zero-order chi connectivity index (χ0) is 24.0. The van der Waals surface area contributed by atoms with E-state index in [0.29, 0.717) is 22.7 Å². The highest BCUT2D eigenvalue weighted by atomic mass is 35.5. The number of aryl methyl sites for hydroxylation is 1. The molecule has 8 heteroatoms. The van der Waals surface area contributed by atoms with Crippen LogP contribution in [-0.2, 0) is 21.2 Å². The number of nitrogens with zero attached hydrogens (tertiary/aromatic N) is 1. The maximum Gasteiger partial charge on any atom is 0.247 e. The molecule has 33 heavy (non-hydrogen) atoms. The maximum absolute atomic E-state index is 13.6. The van der Waals surface area contributed by atoms with Crippen molar-refractivity contribution in [3.63, 3.8) is 0 Å². The molecule has 0 bridgehead atoms. The third-order valence-electron chi connectivity index (χ3n) is 5.29. The molecule has 1 amide bonds. The Labute approximate surface area is 200 Å². The first-order chi connectivity index (χ1) is 15.7. The predicted molar refractivity (Wildman–Crippen MR) is 131 cm³/mol. The van der Waals surface area contributed by atoms with Gasteiger partial charge in [0, 0.05) is 17.3 Å². The largest absolute Gasteiger partial charge is 0.495 e. The molecule has 0 atom stereocenters. The summed E-state index contributed by atoms with van der Waals surface area (Å²) < 4.78 is 33.8. The average Bonchev–Trinajstić information content (AvgIpc) is 2.80. The Balaban J connectivity index is 1.91. The summed E-state index contributed by atoms with van der Waals surface area (Å²) in [5, 5.41) is 3.30. The Morgan fingerprint density at radius 1 is 1.03 bits per heavy atom. The molecule has 0 heterocycles. The van der Waals surface area contributed by atoms with E-state index in [1.807, 2.05) is 30.3 Å². The van der Waals surface area contributed by atoms with Crippen LogP contribution in [0.25, 0.3) is 0 Å². The van der Waals surface area contributed by atoms with Crippen molar-refractivity contribution in [2.24, 2.45) is 0 Å². The van der Waals surface area contributed by atoms with Crippen LogP contribution in [0.5, 0.6) is 5.75 Å². The standard InChI is InChI=1S/C25H27ClN2O4S/c1-18-12-13-23(32-3)24(16-18)33(30,31)28(15-14-20-8-5-4-6-9-20)17-25(29)27-22-11-7-10-21(26)19(22)2/h4-13,16H,14-15,17H2,1-3H3,(H,27,29). The summed E-state index contributed by atoms with van der Waals surface area (Å²) in [4.78, 5) is 12.9. The van der Waals surface area contributed by atoms with Gasteiger partial charge in [-0.1, -0.05) is 54.1 Å². The van der Waals surface area contributed by atoms with E-state index < -0.39 is 15.9 Å². The highest BCUT2D eigenvalue weighted by Crippen LogP contribution is 2.28. The Bertz CT molecular complexity index is 1230. The van der Waals surface area contributed by atoms with Gasteiger partial charge in [-0.05, 0) is 61.2 Å². The van der Waals surface area contributed by atoms with Gasteiger partial charge in [0.05, 0.1) is 13.7 Å². The lowest BCUT2D eigenvalue weighted by molar-refractivity contribution is -0.116. The molecule has 3 aromatic carbocycles. The Kier molecular flexibility index (Phi) is 8.13. The summed E-state index contributed by atoms with van der Waals surface area (Å²) in [5.74, 6) is -0.222. The van der Waals surface area contributed by atoms with Crippen molar-refractivity contribution in [2.75, 3.05) is 25.5 Å². The minimum atomic E-state index is -4.02. The molecule has 0 aliphatic heterocycles. The summed E-state index contributed by atoms with van der Waals surface area (Å²) in [7, 11) is -2.60. The normalized spacial score (nSPS) is 11.4. The van der Waals surface area contributed by atoms with Crippen LogP contribution in [0.4, 0.5) is 5.69 Å². The van der Waals surface area contributed by atoms with Crippen molar-refractivity contribution in [1.29, 1.82) is 0 Å². The van der Waals surface area contributed by atoms with Crippen molar-refractivity contribution >= 4 is 33.2 Å². The first-order valence-electron chi connectivity index (χ1n) is 10.5. The van der Waals surface area contributed by atoms with E-state index in [0.717, 1.165) is 11.1 Å². The smallest absolute Gasteiger partial charge is 0.247 e. The van der Waals surface area contributed by atoms with Gasteiger partial charge in [0.1, 0.15) is 10.6 Å². The number of hydrogen-bond donors (Lipinski definition) is 1. The van der Waals surface area contributed by atoms with E-state index in [1.54, 1.807) is 50.2 Å². The van der Waals surface area contributed by atoms with Gasteiger partial charge in [-0.25, -0.2) is 8.42 Å². The number of carbonyl (C=O) groups is 1. The number of halogens is 1. The quantitative estimate of drug-likeness (QED) is 0.469. The van der Waals surface area contributed by atoms with Crippen LogP contribution in [-0.4, -0.2) is 38.8 Å². The fraction of sp³-hybridized carbons (Fsp3) is 0.240. The lowest BCUT2D eigenvalue weighted by Crippen LogP contribution is -2.39. The summed E-state index contributed by atoms with van der Waals surface area (Å²) in [6, 6.07) is 19.7. The number of anilines is 1. The minimum absolute atomic E-state index is 0.0322. The molecule has 0 saturated heterocycles. The number of amides is 1. The molecule has 0 unspecified atom stereocenters. The molecule has 0 aliphatic rings. The van der Waals surface area contributed by atoms with E-state index in [2.05, 4.69) is 5.32 Å². The molecule has 0 saturated carbocycles. The number of hydrogen-bond acceptors (Lipinski definition) is 4. The van der Waals surface area contributed by atoms with Gasteiger partial charge in [0.2, 0.25) is 15.9 Å². The average molecular weight is 487 g/mol. The molecular formula is C25H27ClN2O4S. The van der Waals surface area contributed by atoms with Crippen LogP contribution < -0.4 is 10.1 Å². The number of carbonyl (C=O) groups excluding carboxylic acids is 1. The third kappa shape index (κ3) is 6.13. The summed E-state index contributed by atoms with van der Waals surface area (Å²) >= 11 is 6.15. The molecule has 1 N–H and O–H groups in total. The second-order valence-electron chi connectivity index (χ2n) is 7.69. The summed E-state index contributed by atoms with van der Waals surface area (Å²) in [5.41, 5.74) is 3.00. The number of benzene rings is 3. The Morgan fingerprint density at radius 2 is 1.76 bits per heavy atom. The van der Waals surface area contributed by atoms with Gasteiger partial charge in [0.15, 0.2) is 0 Å². The molecule has 0 fully saturated rings. The lowest BCUT2D eigenvalue weighted by atomic mass is 10.1. The van der Waals surface area contributed by atoms with Crippen molar-refractivity contribution in [3.05, 3.63) is 88.4 Å². The zero-order valence-corrected chi connectivity index (χ0v) is 20.4. The second-order valence-corrected chi connectivity index (χ2v) is 10.0. The molecule has 0 aromatic heterocycles. The Morgan fingerprint density at radius 3 is 2.45 bits per heavy atom. The maximum atomic E-state index is 13.6. The van der Waals surface area contributed by atoms with Crippen LogP contribution in [0, 0.1) is 13.8 Å². The fourth-order valence-corrected chi connectivity index (χ4v) is 5.21. The second kappa shape index (κ2) is 10.8. The van der Waals surface area contributed by atoms with E-state index in [4.69, 9.17) is 16.3 Å². The SMILES string of the molecule is COc1ccc(C)cc1S(=O)(=O)N(CCc1ccccc1)CC(=O)Nc1cccc(Cl)c1C. The van der Waals surface area contributed by atoms with Crippen LogP contribution >= 0.6 is 11.6 Å². The molecule has 3 rings (SSSR count). The van der Waals surface area contributed by atoms with Gasteiger partial charge in [-0.2, -0.15) is 4.31 Å². The summed E-state index contributed by atoms with van der Waals surface area (Å²) in [6.45, 7) is 3.38. The fourth-order valence-electron chi connectivity index (χ4n) is 3.40. The predicted octanol–water partition coefficient (Wildman–Crippen LogP) is 4.84. The van der Waals surface area contributed by atoms with E-state index >= 15 is 0 Å². The number of methoxy groups -OCH3 is 1. The topological polar surface area (TPSA) is 75.7 Å². The highest BCUT2D eigenvalue weighted by molar-refractivity contribution is 7.89. The molecule has 0 aliphatic carbocycles. The molecular weight excluding hydrogens is 460 g/mol. The van der Waals surface area contributed by atoms with E-state index in [1.165, 1.54) is 11.4 Å². The lowest BCUT2D eigenvalue weighted by Gasteiger charge is -2.23. The monoisotopic (exact) mass is 486 g/mol. The number of sulfonamides is 1. The molecule has 0 radical (unpaired) electrons. The third-order valence-corrected chi connectivity index (χ3v) is 7.57.